The summed E-state index contributed by atoms with van der Waals surface area (Å²) in [5, 5.41) is 5.39. The number of hydrogen-bond donors (Lipinski definition) is 0. The molecule has 0 atom stereocenters. The fourth-order valence-corrected chi connectivity index (χ4v) is 3.71. The first-order valence-corrected chi connectivity index (χ1v) is 11.5. The fraction of sp³-hybridized carbons (Fsp3) is 0.138. The van der Waals surface area contributed by atoms with Crippen molar-refractivity contribution in [1.29, 1.82) is 0 Å². The second-order valence-corrected chi connectivity index (χ2v) is 10.2. The van der Waals surface area contributed by atoms with Gasteiger partial charge in [-0.25, -0.2) is 0 Å². The Labute approximate surface area is 219 Å². The van der Waals surface area contributed by atoms with Crippen LogP contribution in [0.25, 0.3) is 32.7 Å². The molecule has 0 aromatic heterocycles. The van der Waals surface area contributed by atoms with Crippen LogP contribution in [0, 0.1) is 13.8 Å². The van der Waals surface area contributed by atoms with Gasteiger partial charge in [0.15, 0.2) is 0 Å². The quantitative estimate of drug-likeness (QED) is 0.287. The molecule has 5 aromatic carbocycles. The summed E-state index contributed by atoms with van der Waals surface area (Å²) in [6.45, 7) is 8.57. The van der Waals surface area contributed by atoms with Gasteiger partial charge in [-0.1, -0.05) is 71.3 Å². The smallest absolute Gasteiger partial charge is 0.0480 e. The molecule has 5 rings (SSSR count). The van der Waals surface area contributed by atoms with Crippen LogP contribution in [0.1, 0.15) is 25.0 Å². The SMILES string of the molecule is C[C](C)=[Zr+2].Cc1cccc(C)c1-c1ccc[cH-]1.[Cl-].[Cl-].c1ccc2c(c1)[cH-]c1ccccc12. The van der Waals surface area contributed by atoms with Crippen molar-refractivity contribution in [2.75, 3.05) is 0 Å². The summed E-state index contributed by atoms with van der Waals surface area (Å²) in [6, 6.07) is 34.2. The van der Waals surface area contributed by atoms with Gasteiger partial charge < -0.3 is 24.8 Å². The van der Waals surface area contributed by atoms with Gasteiger partial charge in [-0.3, -0.25) is 0 Å². The molecule has 0 heterocycles. The molecule has 0 bridgehead atoms. The molecule has 3 heteroatoms. The minimum absolute atomic E-state index is 0. The van der Waals surface area contributed by atoms with Crippen molar-refractivity contribution in [3.8, 4) is 11.1 Å². The van der Waals surface area contributed by atoms with Crippen molar-refractivity contribution in [3.63, 3.8) is 0 Å². The van der Waals surface area contributed by atoms with Gasteiger partial charge in [-0.05, 0) is 13.8 Å². The van der Waals surface area contributed by atoms with Crippen LogP contribution in [0.3, 0.4) is 0 Å². The third-order valence-electron chi connectivity index (χ3n) is 4.96. The third kappa shape index (κ3) is 7.38. The van der Waals surface area contributed by atoms with Crippen LogP contribution in [-0.2, 0) is 24.2 Å². The van der Waals surface area contributed by atoms with E-state index in [1.807, 2.05) is 0 Å². The topological polar surface area (TPSA) is 0 Å². The minimum atomic E-state index is 0. The van der Waals surface area contributed by atoms with E-state index in [0.29, 0.717) is 0 Å². The summed E-state index contributed by atoms with van der Waals surface area (Å²) in [5.74, 6) is 0. The molecule has 0 spiro atoms. The van der Waals surface area contributed by atoms with Crippen LogP contribution in [-0.4, -0.2) is 3.21 Å². The zero-order valence-corrected chi connectivity index (χ0v) is 23.0. The van der Waals surface area contributed by atoms with Crippen molar-refractivity contribution in [2.45, 2.75) is 27.7 Å². The first kappa shape index (κ1) is 28.2. The number of benzene rings is 3. The average Bonchev–Trinajstić information content (AvgIpc) is 3.36. The van der Waals surface area contributed by atoms with E-state index >= 15 is 0 Å². The van der Waals surface area contributed by atoms with Gasteiger partial charge in [-0.2, -0.15) is 18.2 Å². The summed E-state index contributed by atoms with van der Waals surface area (Å²) in [7, 11) is 0. The molecule has 164 valence electrons. The molecule has 32 heavy (non-hydrogen) atoms. The second kappa shape index (κ2) is 13.7. The molecule has 0 nitrogen and oxygen atoms in total. The van der Waals surface area contributed by atoms with Gasteiger partial charge in [-0.15, -0.1) is 51.4 Å². The van der Waals surface area contributed by atoms with Crippen molar-refractivity contribution in [1.82, 2.24) is 0 Å². The molecule has 0 aliphatic heterocycles. The first-order chi connectivity index (χ1) is 14.5. The molecule has 0 saturated heterocycles. The van der Waals surface area contributed by atoms with Crippen LogP contribution in [0.5, 0.6) is 0 Å². The molecule has 0 aliphatic carbocycles. The molecule has 0 amide bonds. The zero-order chi connectivity index (χ0) is 21.5. The molecular formula is C29H28Cl2Zr-2. The summed E-state index contributed by atoms with van der Waals surface area (Å²) in [5.41, 5.74) is 5.42. The van der Waals surface area contributed by atoms with Crippen molar-refractivity contribution in [2.24, 2.45) is 0 Å². The predicted molar refractivity (Wildman–Crippen MR) is 130 cm³/mol. The van der Waals surface area contributed by atoms with E-state index in [4.69, 9.17) is 0 Å². The maximum absolute atomic E-state index is 2.24. The zero-order valence-electron chi connectivity index (χ0n) is 19.0. The molecular weight excluding hydrogens is 510 g/mol. The first-order valence-electron chi connectivity index (χ1n) is 10.3. The molecule has 5 aromatic rings. The van der Waals surface area contributed by atoms with Crippen LogP contribution < -0.4 is 24.8 Å². The normalized spacial score (nSPS) is 9.56. The van der Waals surface area contributed by atoms with E-state index < -0.39 is 0 Å². The Morgan fingerprint density at radius 3 is 1.56 bits per heavy atom. The average molecular weight is 539 g/mol. The largest absolute Gasteiger partial charge is 1.00 e. The molecule has 0 N–H and O–H groups in total. The van der Waals surface area contributed by atoms with Crippen molar-refractivity contribution in [3.05, 3.63) is 108 Å². The monoisotopic (exact) mass is 536 g/mol. The second-order valence-electron chi connectivity index (χ2n) is 7.76. The number of fused-ring (bicyclic) bond motifs is 3. The molecule has 0 radical (unpaired) electrons. The molecule has 0 aliphatic rings. The van der Waals surface area contributed by atoms with Gasteiger partial charge in [0.25, 0.3) is 0 Å². The standard InChI is InChI=1S/C13H9.C13H13.C3H6.2ClH.Zr/c1-3-7-12-10(5-1)9-11-6-2-4-8-13(11)12;1-10-6-5-7-11(2)13(10)12-8-3-4-9-12;1-3-2;;;/h1-9H;3-9H,1-2H3;1-2H3;2*1H;/q2*-1;;;;+2/p-2. The maximum Gasteiger partial charge on any atom is -0.0480 e. The minimum Gasteiger partial charge on any atom is -1.00 e. The van der Waals surface area contributed by atoms with Crippen molar-refractivity contribution < 1.29 is 49.0 Å². The summed E-state index contributed by atoms with van der Waals surface area (Å²) in [4.78, 5) is 0. The fourth-order valence-electron chi connectivity index (χ4n) is 3.71. The maximum atomic E-state index is 2.24. The van der Waals surface area contributed by atoms with Gasteiger partial charge in [0.1, 0.15) is 0 Å². The molecule has 0 fully saturated rings. The Morgan fingerprint density at radius 2 is 1.12 bits per heavy atom. The Morgan fingerprint density at radius 1 is 0.656 bits per heavy atom. The summed E-state index contributed by atoms with van der Waals surface area (Å²) < 4.78 is 1.51. The van der Waals surface area contributed by atoms with Crippen LogP contribution in [0.4, 0.5) is 0 Å². The van der Waals surface area contributed by atoms with E-state index in [1.54, 1.807) is 24.2 Å². The van der Waals surface area contributed by atoms with Crippen molar-refractivity contribution >= 4 is 24.8 Å². The van der Waals surface area contributed by atoms with E-state index in [9.17, 15) is 0 Å². The number of rotatable bonds is 1. The summed E-state index contributed by atoms with van der Waals surface area (Å²) in [6.07, 6.45) is 0. The Hall–Kier alpha value is -1.79. The Balaban J connectivity index is 0.000000261. The molecule has 0 unspecified atom stereocenters. The Bertz CT molecular complexity index is 1170. The third-order valence-corrected chi connectivity index (χ3v) is 4.96. The number of aryl methyl sites for hydroxylation is 2. The molecule has 0 saturated carbocycles. The van der Waals surface area contributed by atoms with Crippen LogP contribution in [0.15, 0.2) is 97.1 Å². The van der Waals surface area contributed by atoms with Crippen LogP contribution >= 0.6 is 0 Å². The number of halogens is 2. The van der Waals surface area contributed by atoms with E-state index in [1.165, 1.54) is 47.0 Å². The summed E-state index contributed by atoms with van der Waals surface area (Å²) >= 11 is 1.55. The predicted octanol–water partition coefficient (Wildman–Crippen LogP) is 2.15. The Kier molecular flexibility index (Phi) is 12.1. The van der Waals surface area contributed by atoms with Gasteiger partial charge >= 0.3 is 41.3 Å². The van der Waals surface area contributed by atoms with Gasteiger partial charge in [0.2, 0.25) is 0 Å². The number of hydrogen-bond acceptors (Lipinski definition) is 0. The van der Waals surface area contributed by atoms with Gasteiger partial charge in [0.05, 0.1) is 0 Å². The van der Waals surface area contributed by atoms with Gasteiger partial charge in [0, 0.05) is 0 Å². The van der Waals surface area contributed by atoms with E-state index in [-0.39, 0.29) is 24.8 Å². The van der Waals surface area contributed by atoms with E-state index in [2.05, 4.69) is 125 Å². The van der Waals surface area contributed by atoms with E-state index in [0.717, 1.165) is 0 Å². The van der Waals surface area contributed by atoms with Crippen LogP contribution in [0.2, 0.25) is 0 Å².